The summed E-state index contributed by atoms with van der Waals surface area (Å²) in [5.74, 6) is -1.56. The topological polar surface area (TPSA) is 90.0 Å². The fraction of sp³-hybridized carbons (Fsp3) is 0.471. The first-order valence-corrected chi connectivity index (χ1v) is 7.94. The molecule has 1 aromatic rings. The standard InChI is InChI=1S/C17H23N3O4/c1-11(16(22)23)10-19(3)17(24)18-13-4-6-14(7-5-13)20(12(2)21)15-8-9-15/h4-7,11,15H,8-10H2,1-3H3,(H,18,24)(H,22,23). The molecule has 1 unspecified atom stereocenters. The fourth-order valence-corrected chi connectivity index (χ4v) is 2.48. The van der Waals surface area contributed by atoms with E-state index in [4.69, 9.17) is 5.11 Å². The Morgan fingerprint density at radius 1 is 1.25 bits per heavy atom. The molecule has 1 fully saturated rings. The molecule has 0 spiro atoms. The van der Waals surface area contributed by atoms with E-state index in [2.05, 4.69) is 5.32 Å². The zero-order chi connectivity index (χ0) is 17.9. The summed E-state index contributed by atoms with van der Waals surface area (Å²) < 4.78 is 0. The van der Waals surface area contributed by atoms with E-state index in [1.165, 1.54) is 4.90 Å². The van der Waals surface area contributed by atoms with Crippen molar-refractivity contribution in [2.24, 2.45) is 5.92 Å². The Bertz CT molecular complexity index is 625. The van der Waals surface area contributed by atoms with Gasteiger partial charge in [-0.2, -0.15) is 0 Å². The zero-order valence-electron chi connectivity index (χ0n) is 14.2. The monoisotopic (exact) mass is 333 g/mol. The number of carbonyl (C=O) groups excluding carboxylic acids is 2. The normalized spacial score (nSPS) is 14.6. The highest BCUT2D eigenvalue weighted by molar-refractivity contribution is 5.93. The average Bonchev–Trinajstić information content (AvgIpc) is 3.33. The zero-order valence-corrected chi connectivity index (χ0v) is 14.2. The van der Waals surface area contributed by atoms with Gasteiger partial charge >= 0.3 is 12.0 Å². The lowest BCUT2D eigenvalue weighted by Gasteiger charge is -2.22. The number of aliphatic carboxylic acids is 1. The molecule has 0 aliphatic heterocycles. The van der Waals surface area contributed by atoms with Crippen molar-refractivity contribution in [2.45, 2.75) is 32.7 Å². The summed E-state index contributed by atoms with van der Waals surface area (Å²) in [4.78, 5) is 37.8. The lowest BCUT2D eigenvalue weighted by Crippen LogP contribution is -2.36. The van der Waals surface area contributed by atoms with Crippen molar-refractivity contribution in [2.75, 3.05) is 23.8 Å². The molecule has 0 bridgehead atoms. The van der Waals surface area contributed by atoms with Gasteiger partial charge < -0.3 is 20.2 Å². The quantitative estimate of drug-likeness (QED) is 0.836. The first kappa shape index (κ1) is 17.8. The van der Waals surface area contributed by atoms with Crippen LogP contribution in [0.2, 0.25) is 0 Å². The van der Waals surface area contributed by atoms with Gasteiger partial charge in [-0.15, -0.1) is 0 Å². The maximum absolute atomic E-state index is 12.1. The summed E-state index contributed by atoms with van der Waals surface area (Å²) >= 11 is 0. The number of nitrogens with one attached hydrogen (secondary N) is 1. The molecule has 1 aromatic carbocycles. The number of carboxylic acid groups (broad SMARTS) is 1. The average molecular weight is 333 g/mol. The van der Waals surface area contributed by atoms with Gasteiger partial charge in [0.1, 0.15) is 0 Å². The third-order valence-corrected chi connectivity index (χ3v) is 3.96. The van der Waals surface area contributed by atoms with Gasteiger partial charge in [0.05, 0.1) is 5.92 Å². The van der Waals surface area contributed by atoms with Crippen LogP contribution in [-0.4, -0.2) is 47.5 Å². The summed E-state index contributed by atoms with van der Waals surface area (Å²) in [6.45, 7) is 3.22. The highest BCUT2D eigenvalue weighted by atomic mass is 16.4. The van der Waals surface area contributed by atoms with Crippen molar-refractivity contribution in [3.8, 4) is 0 Å². The minimum absolute atomic E-state index is 0.0108. The van der Waals surface area contributed by atoms with Gasteiger partial charge in [0.25, 0.3) is 0 Å². The van der Waals surface area contributed by atoms with Gasteiger partial charge in [-0.25, -0.2) is 4.79 Å². The van der Waals surface area contributed by atoms with Crippen molar-refractivity contribution < 1.29 is 19.5 Å². The molecule has 1 aliphatic rings. The number of amides is 3. The predicted octanol–water partition coefficient (Wildman–Crippen LogP) is 2.39. The number of carboxylic acids is 1. The molecule has 1 atom stereocenters. The van der Waals surface area contributed by atoms with E-state index in [0.29, 0.717) is 5.69 Å². The molecule has 0 heterocycles. The Kier molecular flexibility index (Phi) is 5.43. The van der Waals surface area contributed by atoms with E-state index in [9.17, 15) is 14.4 Å². The van der Waals surface area contributed by atoms with E-state index in [0.717, 1.165) is 18.5 Å². The van der Waals surface area contributed by atoms with E-state index < -0.39 is 11.9 Å². The molecule has 7 nitrogen and oxygen atoms in total. The Morgan fingerprint density at radius 3 is 2.29 bits per heavy atom. The number of benzene rings is 1. The minimum atomic E-state index is -0.941. The highest BCUT2D eigenvalue weighted by Gasteiger charge is 2.31. The molecular weight excluding hydrogens is 310 g/mol. The number of carbonyl (C=O) groups is 3. The van der Waals surface area contributed by atoms with Gasteiger partial charge in [-0.05, 0) is 37.1 Å². The van der Waals surface area contributed by atoms with E-state index in [1.54, 1.807) is 50.1 Å². The number of anilines is 2. The predicted molar refractivity (Wildman–Crippen MR) is 91.1 cm³/mol. The summed E-state index contributed by atoms with van der Waals surface area (Å²) in [5, 5.41) is 11.6. The minimum Gasteiger partial charge on any atom is -0.481 e. The van der Waals surface area contributed by atoms with E-state index in [1.807, 2.05) is 0 Å². The second-order valence-electron chi connectivity index (χ2n) is 6.22. The van der Waals surface area contributed by atoms with Crippen LogP contribution < -0.4 is 10.2 Å². The Labute approximate surface area is 141 Å². The molecule has 1 saturated carbocycles. The number of rotatable bonds is 6. The molecule has 1 aliphatic carbocycles. The Morgan fingerprint density at radius 2 is 1.83 bits per heavy atom. The van der Waals surface area contributed by atoms with Crippen LogP contribution in [-0.2, 0) is 9.59 Å². The van der Waals surface area contributed by atoms with Crippen LogP contribution in [0, 0.1) is 5.92 Å². The summed E-state index contributed by atoms with van der Waals surface area (Å²) in [7, 11) is 1.55. The molecule has 0 saturated heterocycles. The number of hydrogen-bond donors (Lipinski definition) is 2. The van der Waals surface area contributed by atoms with Crippen LogP contribution in [0.3, 0.4) is 0 Å². The molecule has 0 aromatic heterocycles. The molecule has 3 amide bonds. The van der Waals surface area contributed by atoms with Crippen molar-refractivity contribution in [3.63, 3.8) is 0 Å². The van der Waals surface area contributed by atoms with Crippen LogP contribution >= 0.6 is 0 Å². The first-order valence-electron chi connectivity index (χ1n) is 7.94. The van der Waals surface area contributed by atoms with Crippen molar-refractivity contribution >= 4 is 29.3 Å². The lowest BCUT2D eigenvalue weighted by molar-refractivity contribution is -0.141. The largest absolute Gasteiger partial charge is 0.481 e. The third kappa shape index (κ3) is 4.47. The Balaban J connectivity index is 1.97. The maximum Gasteiger partial charge on any atom is 0.321 e. The molecule has 7 heteroatoms. The van der Waals surface area contributed by atoms with Gasteiger partial charge in [-0.1, -0.05) is 6.92 Å². The Hall–Kier alpha value is -2.57. The van der Waals surface area contributed by atoms with Crippen molar-refractivity contribution in [1.29, 1.82) is 0 Å². The second kappa shape index (κ2) is 7.33. The molecule has 2 rings (SSSR count). The van der Waals surface area contributed by atoms with Crippen molar-refractivity contribution in [3.05, 3.63) is 24.3 Å². The van der Waals surface area contributed by atoms with Crippen LogP contribution in [0.5, 0.6) is 0 Å². The third-order valence-electron chi connectivity index (χ3n) is 3.96. The van der Waals surface area contributed by atoms with Crippen LogP contribution in [0.25, 0.3) is 0 Å². The van der Waals surface area contributed by atoms with Gasteiger partial charge in [0, 0.05) is 37.9 Å². The molecule has 2 N–H and O–H groups in total. The molecular formula is C17H23N3O4. The van der Waals surface area contributed by atoms with Crippen LogP contribution in [0.1, 0.15) is 26.7 Å². The number of nitrogens with zero attached hydrogens (tertiary/aromatic N) is 2. The highest BCUT2D eigenvalue weighted by Crippen LogP contribution is 2.32. The number of urea groups is 1. The van der Waals surface area contributed by atoms with Gasteiger partial charge in [0.15, 0.2) is 0 Å². The lowest BCUT2D eigenvalue weighted by atomic mass is 10.2. The van der Waals surface area contributed by atoms with Gasteiger partial charge in [0.2, 0.25) is 5.91 Å². The smallest absolute Gasteiger partial charge is 0.321 e. The van der Waals surface area contributed by atoms with Gasteiger partial charge in [-0.3, -0.25) is 9.59 Å². The van der Waals surface area contributed by atoms with Crippen LogP contribution in [0.4, 0.5) is 16.2 Å². The summed E-state index contributed by atoms with van der Waals surface area (Å²) in [5.41, 5.74) is 1.41. The van der Waals surface area contributed by atoms with E-state index >= 15 is 0 Å². The molecule has 130 valence electrons. The van der Waals surface area contributed by atoms with Crippen molar-refractivity contribution in [1.82, 2.24) is 4.90 Å². The molecule has 24 heavy (non-hydrogen) atoms. The second-order valence-corrected chi connectivity index (χ2v) is 6.22. The summed E-state index contributed by atoms with van der Waals surface area (Å²) in [6, 6.07) is 6.98. The summed E-state index contributed by atoms with van der Waals surface area (Å²) in [6.07, 6.45) is 2.04. The first-order chi connectivity index (χ1) is 11.3. The maximum atomic E-state index is 12.1. The number of hydrogen-bond acceptors (Lipinski definition) is 3. The van der Waals surface area contributed by atoms with Crippen LogP contribution in [0.15, 0.2) is 24.3 Å². The fourth-order valence-electron chi connectivity index (χ4n) is 2.48. The van der Waals surface area contributed by atoms with E-state index in [-0.39, 0.29) is 24.5 Å². The SMILES string of the molecule is CC(=O)N(c1ccc(NC(=O)N(C)CC(C)C(=O)O)cc1)C1CC1. The molecule has 0 radical (unpaired) electrons.